The molecule has 22 heavy (non-hydrogen) atoms. The molecule has 0 aromatic heterocycles. The molecule has 0 amide bonds. The third kappa shape index (κ3) is 4.85. The molecule has 5 heteroatoms. The van der Waals surface area contributed by atoms with Gasteiger partial charge in [0, 0.05) is 17.6 Å². The van der Waals surface area contributed by atoms with Crippen LogP contribution in [0.25, 0.3) is 0 Å². The molecule has 1 aromatic rings. The second-order valence-corrected chi connectivity index (χ2v) is 6.63. The Kier molecular flexibility index (Phi) is 6.93. The molecule has 0 unspecified atom stereocenters. The van der Waals surface area contributed by atoms with E-state index in [1.165, 1.54) is 0 Å². The average Bonchev–Trinajstić information content (AvgIpc) is 2.90. The number of esters is 1. The smallest absolute Gasteiger partial charge is 0.306 e. The predicted octanol–water partition coefficient (Wildman–Crippen LogP) is 2.70. The van der Waals surface area contributed by atoms with Crippen molar-refractivity contribution in [2.24, 2.45) is 11.8 Å². The summed E-state index contributed by atoms with van der Waals surface area (Å²) >= 11 is 1.71. The van der Waals surface area contributed by atoms with Crippen molar-refractivity contribution in [3.8, 4) is 0 Å². The minimum atomic E-state index is -0.217. The highest BCUT2D eigenvalue weighted by molar-refractivity contribution is 8.00. The maximum absolute atomic E-state index is 11.6. The summed E-state index contributed by atoms with van der Waals surface area (Å²) in [6.45, 7) is 3.25. The molecule has 1 heterocycles. The summed E-state index contributed by atoms with van der Waals surface area (Å²) in [4.78, 5) is 23.0. The molecule has 1 fully saturated rings. The fourth-order valence-corrected chi connectivity index (χ4v) is 4.16. The number of rotatable bonds is 8. The summed E-state index contributed by atoms with van der Waals surface area (Å²) < 4.78 is 10.7. The van der Waals surface area contributed by atoms with Crippen LogP contribution in [0.4, 0.5) is 0 Å². The molecule has 2 rings (SSSR count). The summed E-state index contributed by atoms with van der Waals surface area (Å²) in [5.41, 5.74) is 1.12. The van der Waals surface area contributed by atoms with E-state index >= 15 is 0 Å². The zero-order valence-electron chi connectivity index (χ0n) is 12.8. The van der Waals surface area contributed by atoms with Gasteiger partial charge in [0.2, 0.25) is 0 Å². The summed E-state index contributed by atoms with van der Waals surface area (Å²) in [5.74, 6) is 0.518. The van der Waals surface area contributed by atoms with Gasteiger partial charge in [-0.2, -0.15) is 11.8 Å². The van der Waals surface area contributed by atoms with Crippen LogP contribution in [0.2, 0.25) is 0 Å². The Morgan fingerprint density at radius 2 is 2.14 bits per heavy atom. The zero-order chi connectivity index (χ0) is 15.8. The molecule has 0 spiro atoms. The van der Waals surface area contributed by atoms with E-state index in [1.54, 1.807) is 18.7 Å². The van der Waals surface area contributed by atoms with Gasteiger partial charge in [-0.05, 0) is 24.2 Å². The lowest BCUT2D eigenvalue weighted by atomic mass is 9.90. The van der Waals surface area contributed by atoms with Gasteiger partial charge in [-0.25, -0.2) is 0 Å². The molecule has 0 N–H and O–H groups in total. The van der Waals surface area contributed by atoms with Crippen LogP contribution in [0.15, 0.2) is 30.3 Å². The highest BCUT2D eigenvalue weighted by Crippen LogP contribution is 2.38. The van der Waals surface area contributed by atoms with Crippen LogP contribution in [-0.2, 0) is 25.7 Å². The Morgan fingerprint density at radius 1 is 1.36 bits per heavy atom. The first-order valence-electron chi connectivity index (χ1n) is 7.58. The lowest BCUT2D eigenvalue weighted by Crippen LogP contribution is -2.26. The van der Waals surface area contributed by atoms with Gasteiger partial charge in [-0.1, -0.05) is 30.3 Å². The van der Waals surface area contributed by atoms with E-state index in [9.17, 15) is 9.59 Å². The SMILES string of the molecule is CCOC(=O)C[C@@H]1CS[C@H](COCc2ccccc2)[C@H]1C=O. The van der Waals surface area contributed by atoms with E-state index in [0.29, 0.717) is 26.2 Å². The number of thioether (sulfide) groups is 1. The van der Waals surface area contributed by atoms with Gasteiger partial charge in [0.05, 0.1) is 19.8 Å². The molecule has 4 nitrogen and oxygen atoms in total. The molecule has 1 aliphatic heterocycles. The molecular weight excluding hydrogens is 300 g/mol. The third-order valence-electron chi connectivity index (χ3n) is 3.78. The van der Waals surface area contributed by atoms with Crippen molar-refractivity contribution in [3.05, 3.63) is 35.9 Å². The van der Waals surface area contributed by atoms with Crippen LogP contribution in [0, 0.1) is 11.8 Å². The van der Waals surface area contributed by atoms with Crippen LogP contribution >= 0.6 is 11.8 Å². The maximum Gasteiger partial charge on any atom is 0.306 e. The molecule has 3 atom stereocenters. The minimum Gasteiger partial charge on any atom is -0.466 e. The van der Waals surface area contributed by atoms with Crippen molar-refractivity contribution >= 4 is 24.0 Å². The monoisotopic (exact) mass is 322 g/mol. The molecule has 0 aliphatic carbocycles. The normalized spacial score (nSPS) is 24.1. The average molecular weight is 322 g/mol. The number of benzene rings is 1. The first-order valence-corrected chi connectivity index (χ1v) is 8.63. The number of hydrogen-bond acceptors (Lipinski definition) is 5. The summed E-state index contributed by atoms with van der Waals surface area (Å²) in [6, 6.07) is 9.96. The Hall–Kier alpha value is -1.33. The quantitative estimate of drug-likeness (QED) is 0.544. The Morgan fingerprint density at radius 3 is 2.82 bits per heavy atom. The van der Waals surface area contributed by atoms with E-state index in [0.717, 1.165) is 17.6 Å². The van der Waals surface area contributed by atoms with Crippen molar-refractivity contribution in [2.75, 3.05) is 19.0 Å². The van der Waals surface area contributed by atoms with Crippen molar-refractivity contribution in [1.29, 1.82) is 0 Å². The summed E-state index contributed by atoms with van der Waals surface area (Å²) in [5, 5.41) is 0.126. The van der Waals surface area contributed by atoms with Gasteiger partial charge in [0.15, 0.2) is 0 Å². The lowest BCUT2D eigenvalue weighted by Gasteiger charge is -2.18. The first kappa shape index (κ1) is 17.0. The topological polar surface area (TPSA) is 52.6 Å². The number of ether oxygens (including phenoxy) is 2. The van der Waals surface area contributed by atoms with Gasteiger partial charge in [-0.15, -0.1) is 0 Å². The fraction of sp³-hybridized carbons (Fsp3) is 0.529. The number of carbonyl (C=O) groups is 2. The molecule has 1 aliphatic rings. The van der Waals surface area contributed by atoms with Crippen LogP contribution in [0.1, 0.15) is 18.9 Å². The van der Waals surface area contributed by atoms with Crippen LogP contribution in [-0.4, -0.2) is 36.5 Å². The molecule has 0 bridgehead atoms. The van der Waals surface area contributed by atoms with Gasteiger partial charge < -0.3 is 14.3 Å². The minimum absolute atomic E-state index is 0.0619. The van der Waals surface area contributed by atoms with Crippen molar-refractivity contribution in [1.82, 2.24) is 0 Å². The molecular formula is C17H22O4S. The van der Waals surface area contributed by atoms with E-state index in [1.807, 2.05) is 30.3 Å². The molecule has 120 valence electrons. The van der Waals surface area contributed by atoms with Gasteiger partial charge in [-0.3, -0.25) is 4.79 Å². The highest BCUT2D eigenvalue weighted by Gasteiger charge is 2.38. The Labute approximate surface area is 135 Å². The van der Waals surface area contributed by atoms with E-state index in [2.05, 4.69) is 0 Å². The zero-order valence-corrected chi connectivity index (χ0v) is 13.6. The van der Waals surface area contributed by atoms with Gasteiger partial charge >= 0.3 is 5.97 Å². The van der Waals surface area contributed by atoms with Crippen LogP contribution in [0.3, 0.4) is 0 Å². The molecule has 0 radical (unpaired) electrons. The van der Waals surface area contributed by atoms with E-state index < -0.39 is 0 Å². The second kappa shape index (κ2) is 8.96. The number of aldehydes is 1. The summed E-state index contributed by atoms with van der Waals surface area (Å²) in [6.07, 6.45) is 1.29. The molecule has 0 saturated carbocycles. The molecule has 1 saturated heterocycles. The maximum atomic E-state index is 11.6. The Balaban J connectivity index is 1.79. The van der Waals surface area contributed by atoms with Crippen molar-refractivity contribution in [3.63, 3.8) is 0 Å². The van der Waals surface area contributed by atoms with Gasteiger partial charge in [0.25, 0.3) is 0 Å². The number of hydrogen-bond donors (Lipinski definition) is 0. The highest BCUT2D eigenvalue weighted by atomic mass is 32.2. The van der Waals surface area contributed by atoms with Crippen molar-refractivity contribution < 1.29 is 19.1 Å². The van der Waals surface area contributed by atoms with Crippen molar-refractivity contribution in [2.45, 2.75) is 25.2 Å². The Bertz CT molecular complexity index is 477. The fourth-order valence-electron chi connectivity index (χ4n) is 2.63. The third-order valence-corrected chi connectivity index (χ3v) is 5.28. The first-order chi connectivity index (χ1) is 10.7. The van der Waals surface area contributed by atoms with E-state index in [-0.39, 0.29) is 23.1 Å². The number of carbonyl (C=O) groups excluding carboxylic acids is 2. The largest absolute Gasteiger partial charge is 0.466 e. The second-order valence-electron chi connectivity index (χ2n) is 5.36. The predicted molar refractivity (Wildman–Crippen MR) is 86.6 cm³/mol. The standard InChI is InChI=1S/C17H22O4S/c1-2-21-17(19)8-14-12-22-16(15(14)9-18)11-20-10-13-6-4-3-5-7-13/h3-7,9,14-16H,2,8,10-12H2,1H3/t14-,15+,16-/m1/s1. The van der Waals surface area contributed by atoms with E-state index in [4.69, 9.17) is 9.47 Å². The summed E-state index contributed by atoms with van der Waals surface area (Å²) in [7, 11) is 0. The van der Waals surface area contributed by atoms with Gasteiger partial charge in [0.1, 0.15) is 6.29 Å². The van der Waals surface area contributed by atoms with Crippen LogP contribution < -0.4 is 0 Å². The molecule has 1 aromatic carbocycles. The lowest BCUT2D eigenvalue weighted by molar-refractivity contribution is -0.144. The van der Waals surface area contributed by atoms with Crippen LogP contribution in [0.5, 0.6) is 0 Å².